The van der Waals surface area contributed by atoms with Crippen molar-refractivity contribution in [2.24, 2.45) is 0 Å². The van der Waals surface area contributed by atoms with Gasteiger partial charge < -0.3 is 10.1 Å². The number of anilines is 1. The molecule has 1 amide bonds. The number of aryl methyl sites for hydroxylation is 1. The third kappa shape index (κ3) is 4.01. The molecule has 2 aromatic rings. The number of halogens is 1. The van der Waals surface area contributed by atoms with Gasteiger partial charge in [0.1, 0.15) is 11.6 Å². The third-order valence-electron chi connectivity index (χ3n) is 3.44. The molecule has 5 nitrogen and oxygen atoms in total. The Kier molecular flexibility index (Phi) is 5.44. The van der Waals surface area contributed by atoms with Gasteiger partial charge >= 0.3 is 0 Å². The van der Waals surface area contributed by atoms with E-state index in [0.29, 0.717) is 16.6 Å². The number of carbonyl (C=O) groups excluding carboxylic acids is 1. The summed E-state index contributed by atoms with van der Waals surface area (Å²) in [5.74, 6) is 1.10. The summed E-state index contributed by atoms with van der Waals surface area (Å²) in [6, 6.07) is 7.29. The van der Waals surface area contributed by atoms with E-state index in [9.17, 15) is 4.79 Å². The van der Waals surface area contributed by atoms with E-state index in [1.807, 2.05) is 6.92 Å². The second-order valence-electron chi connectivity index (χ2n) is 5.16. The first-order valence-electron chi connectivity index (χ1n) is 7.23. The number of nitrogens with one attached hydrogen (secondary N) is 1. The highest BCUT2D eigenvalue weighted by Crippen LogP contribution is 2.22. The number of nitrogens with zero attached hydrogens (tertiary/aromatic N) is 2. The fraction of sp³-hybridized carbons (Fsp3) is 0.375. The van der Waals surface area contributed by atoms with E-state index in [1.54, 1.807) is 35.1 Å². The summed E-state index contributed by atoms with van der Waals surface area (Å²) < 4.78 is 7.33. The zero-order chi connectivity index (χ0) is 16.1. The van der Waals surface area contributed by atoms with Crippen molar-refractivity contribution < 1.29 is 9.53 Å². The molecular weight excluding hydrogens is 302 g/mol. The highest BCUT2D eigenvalue weighted by molar-refractivity contribution is 6.30. The summed E-state index contributed by atoms with van der Waals surface area (Å²) in [4.78, 5) is 12.0. The number of hydrogen-bond acceptors (Lipinski definition) is 3. The van der Waals surface area contributed by atoms with Gasteiger partial charge in [-0.05, 0) is 44.0 Å². The minimum atomic E-state index is -0.223. The van der Waals surface area contributed by atoms with Crippen molar-refractivity contribution in [3.63, 3.8) is 0 Å². The van der Waals surface area contributed by atoms with Crippen LogP contribution in [-0.4, -0.2) is 22.3 Å². The van der Waals surface area contributed by atoms with Gasteiger partial charge in [0, 0.05) is 11.1 Å². The Bertz CT molecular complexity index is 655. The standard InChI is InChI=1S/C16H20ClN3O2/c1-4-12(3)20-15(7-8-18-20)19-16(21)10-22-14-6-5-13(17)9-11(14)2/h5-9,12H,4,10H2,1-3H3,(H,19,21). The number of hydrogen-bond donors (Lipinski definition) is 1. The highest BCUT2D eigenvalue weighted by Gasteiger charge is 2.12. The molecule has 0 radical (unpaired) electrons. The Labute approximate surface area is 135 Å². The number of rotatable bonds is 6. The summed E-state index contributed by atoms with van der Waals surface area (Å²) >= 11 is 5.89. The van der Waals surface area contributed by atoms with E-state index in [1.165, 1.54) is 0 Å². The number of amides is 1. The Hall–Kier alpha value is -2.01. The van der Waals surface area contributed by atoms with E-state index in [2.05, 4.69) is 24.3 Å². The molecule has 0 saturated heterocycles. The fourth-order valence-electron chi connectivity index (χ4n) is 2.03. The molecule has 1 heterocycles. The third-order valence-corrected chi connectivity index (χ3v) is 3.68. The zero-order valence-corrected chi connectivity index (χ0v) is 13.7. The molecule has 1 unspecified atom stereocenters. The first kappa shape index (κ1) is 16.4. The van der Waals surface area contributed by atoms with Crippen LogP contribution in [0.1, 0.15) is 31.9 Å². The molecule has 0 saturated carbocycles. The number of carbonyl (C=O) groups is 1. The molecule has 1 aromatic carbocycles. The summed E-state index contributed by atoms with van der Waals surface area (Å²) in [5.41, 5.74) is 0.893. The van der Waals surface area contributed by atoms with Crippen LogP contribution in [0.3, 0.4) is 0 Å². The molecule has 0 bridgehead atoms. The van der Waals surface area contributed by atoms with Crippen LogP contribution in [0.2, 0.25) is 5.02 Å². The maximum atomic E-state index is 12.0. The number of benzene rings is 1. The normalized spacial score (nSPS) is 12.0. The lowest BCUT2D eigenvalue weighted by Crippen LogP contribution is -2.23. The van der Waals surface area contributed by atoms with E-state index in [-0.39, 0.29) is 18.6 Å². The van der Waals surface area contributed by atoms with Gasteiger partial charge in [-0.1, -0.05) is 18.5 Å². The molecule has 118 valence electrons. The van der Waals surface area contributed by atoms with Crippen molar-refractivity contribution in [2.75, 3.05) is 11.9 Å². The smallest absolute Gasteiger partial charge is 0.263 e. The summed E-state index contributed by atoms with van der Waals surface area (Å²) in [5, 5.41) is 7.69. The largest absolute Gasteiger partial charge is 0.483 e. The molecule has 0 spiro atoms. The minimum Gasteiger partial charge on any atom is -0.483 e. The zero-order valence-electron chi connectivity index (χ0n) is 13.0. The van der Waals surface area contributed by atoms with Crippen molar-refractivity contribution >= 4 is 23.3 Å². The van der Waals surface area contributed by atoms with E-state index >= 15 is 0 Å². The minimum absolute atomic E-state index is 0.0614. The van der Waals surface area contributed by atoms with Crippen LogP contribution < -0.4 is 10.1 Å². The van der Waals surface area contributed by atoms with Gasteiger partial charge in [0.15, 0.2) is 6.61 Å². The molecule has 1 aromatic heterocycles. The molecule has 6 heteroatoms. The first-order valence-corrected chi connectivity index (χ1v) is 7.61. The second kappa shape index (κ2) is 7.31. The van der Waals surface area contributed by atoms with Crippen LogP contribution >= 0.6 is 11.6 Å². The Morgan fingerprint density at radius 3 is 2.91 bits per heavy atom. The van der Waals surface area contributed by atoms with Crippen molar-refractivity contribution in [3.8, 4) is 5.75 Å². The average Bonchev–Trinajstić information content (AvgIpc) is 2.93. The molecule has 0 aliphatic rings. The van der Waals surface area contributed by atoms with Crippen LogP contribution in [0.15, 0.2) is 30.5 Å². The molecule has 22 heavy (non-hydrogen) atoms. The summed E-state index contributed by atoms with van der Waals surface area (Å²) in [6.07, 6.45) is 2.61. The Morgan fingerprint density at radius 2 is 2.23 bits per heavy atom. The average molecular weight is 322 g/mol. The van der Waals surface area contributed by atoms with Crippen LogP contribution in [0, 0.1) is 6.92 Å². The van der Waals surface area contributed by atoms with Crippen molar-refractivity contribution in [1.29, 1.82) is 0 Å². The number of ether oxygens (including phenoxy) is 1. The molecule has 2 rings (SSSR count). The van der Waals surface area contributed by atoms with E-state index < -0.39 is 0 Å². The lowest BCUT2D eigenvalue weighted by Gasteiger charge is -2.14. The summed E-state index contributed by atoms with van der Waals surface area (Å²) in [7, 11) is 0. The van der Waals surface area contributed by atoms with Crippen LogP contribution in [0.5, 0.6) is 5.75 Å². The van der Waals surface area contributed by atoms with Gasteiger partial charge in [-0.25, -0.2) is 4.68 Å². The van der Waals surface area contributed by atoms with Crippen molar-refractivity contribution in [2.45, 2.75) is 33.2 Å². The SMILES string of the molecule is CCC(C)n1nccc1NC(=O)COc1ccc(Cl)cc1C. The van der Waals surface area contributed by atoms with Gasteiger partial charge in [0.25, 0.3) is 5.91 Å². The van der Waals surface area contributed by atoms with Gasteiger partial charge in [-0.15, -0.1) is 0 Å². The summed E-state index contributed by atoms with van der Waals surface area (Å²) in [6.45, 7) is 5.95. The topological polar surface area (TPSA) is 56.2 Å². The predicted octanol–water partition coefficient (Wildman–Crippen LogP) is 3.83. The van der Waals surface area contributed by atoms with Gasteiger partial charge in [-0.3, -0.25) is 4.79 Å². The molecule has 1 atom stereocenters. The maximum absolute atomic E-state index is 12.0. The van der Waals surface area contributed by atoms with Gasteiger partial charge in [0.05, 0.1) is 12.2 Å². The first-order chi connectivity index (χ1) is 10.5. The van der Waals surface area contributed by atoms with Crippen LogP contribution in [0.4, 0.5) is 5.82 Å². The van der Waals surface area contributed by atoms with E-state index in [0.717, 1.165) is 12.0 Å². The molecule has 0 aliphatic carbocycles. The molecule has 0 fully saturated rings. The van der Waals surface area contributed by atoms with Gasteiger partial charge in [0.2, 0.25) is 0 Å². The highest BCUT2D eigenvalue weighted by atomic mass is 35.5. The Balaban J connectivity index is 1.95. The fourth-order valence-corrected chi connectivity index (χ4v) is 2.26. The molecular formula is C16H20ClN3O2. The molecule has 0 aliphatic heterocycles. The molecule has 1 N–H and O–H groups in total. The van der Waals surface area contributed by atoms with Crippen molar-refractivity contribution in [1.82, 2.24) is 9.78 Å². The predicted molar refractivity (Wildman–Crippen MR) is 87.5 cm³/mol. The van der Waals surface area contributed by atoms with E-state index in [4.69, 9.17) is 16.3 Å². The monoisotopic (exact) mass is 321 g/mol. The van der Waals surface area contributed by atoms with Crippen molar-refractivity contribution in [3.05, 3.63) is 41.0 Å². The lowest BCUT2D eigenvalue weighted by atomic mass is 10.2. The Morgan fingerprint density at radius 1 is 1.45 bits per heavy atom. The van der Waals surface area contributed by atoms with Gasteiger partial charge in [-0.2, -0.15) is 5.10 Å². The van der Waals surface area contributed by atoms with Crippen LogP contribution in [0.25, 0.3) is 0 Å². The quantitative estimate of drug-likeness (QED) is 0.879. The second-order valence-corrected chi connectivity index (χ2v) is 5.60. The lowest BCUT2D eigenvalue weighted by molar-refractivity contribution is -0.118. The maximum Gasteiger partial charge on any atom is 0.263 e. The number of aromatic nitrogens is 2. The van der Waals surface area contributed by atoms with Crippen LogP contribution in [-0.2, 0) is 4.79 Å².